The molecule has 3 heterocycles. The number of benzene rings is 8. The first-order valence-electron chi connectivity index (χ1n) is 18.8. The Morgan fingerprint density at radius 3 is 1.00 bits per heavy atom. The van der Waals surface area contributed by atoms with Crippen LogP contribution in [0.2, 0.25) is 0 Å². The maximum atomic E-state index is 6.30. The van der Waals surface area contributed by atoms with E-state index in [-0.39, 0.29) is 0 Å². The third-order valence-corrected chi connectivity index (χ3v) is 10.4. The number of nitrogens with zero attached hydrogens (tertiary/aromatic N) is 3. The summed E-state index contributed by atoms with van der Waals surface area (Å²) in [6.07, 6.45) is 0. The van der Waals surface area contributed by atoms with E-state index in [0.717, 1.165) is 94.5 Å². The molecule has 6 nitrogen and oxygen atoms in total. The number of rotatable bonds is 7. The lowest BCUT2D eigenvalue weighted by Gasteiger charge is -2.12. The van der Waals surface area contributed by atoms with Crippen LogP contribution in [0.1, 0.15) is 0 Å². The van der Waals surface area contributed by atoms with Crippen LogP contribution in [0.3, 0.4) is 0 Å². The monoisotopic (exact) mass is 733 g/mol. The van der Waals surface area contributed by atoms with Crippen LogP contribution in [0.15, 0.2) is 201 Å². The molecule has 0 fully saturated rings. The Balaban J connectivity index is 0.947. The maximum Gasteiger partial charge on any atom is 0.227 e. The Bertz CT molecular complexity index is 3010. The Morgan fingerprint density at radius 1 is 0.228 bits per heavy atom. The van der Waals surface area contributed by atoms with E-state index in [2.05, 4.69) is 115 Å². The van der Waals surface area contributed by atoms with Gasteiger partial charge in [-0.15, -0.1) is 0 Å². The lowest BCUT2D eigenvalue weighted by Crippen LogP contribution is -1.88. The van der Waals surface area contributed by atoms with E-state index in [1.807, 2.05) is 72.8 Å². The zero-order valence-corrected chi connectivity index (χ0v) is 30.5. The molecule has 57 heavy (non-hydrogen) atoms. The van der Waals surface area contributed by atoms with Crippen molar-refractivity contribution >= 4 is 33.3 Å². The summed E-state index contributed by atoms with van der Waals surface area (Å²) in [4.78, 5) is 14.2. The molecule has 0 aliphatic rings. The third-order valence-electron chi connectivity index (χ3n) is 10.4. The van der Waals surface area contributed by atoms with Crippen molar-refractivity contribution < 1.29 is 13.3 Å². The molecule has 0 aliphatic carbocycles. The van der Waals surface area contributed by atoms with Crippen LogP contribution in [-0.2, 0) is 0 Å². The predicted molar refractivity (Wildman–Crippen MR) is 227 cm³/mol. The van der Waals surface area contributed by atoms with E-state index < -0.39 is 0 Å². The molecule has 0 radical (unpaired) electrons. The zero-order valence-electron chi connectivity index (χ0n) is 30.5. The molecular formula is C51H31N3O3. The number of fused-ring (bicyclic) bond motifs is 3. The van der Waals surface area contributed by atoms with Crippen LogP contribution >= 0.6 is 0 Å². The lowest BCUT2D eigenvalue weighted by atomic mass is 9.92. The molecule has 3 aromatic heterocycles. The van der Waals surface area contributed by atoms with E-state index in [9.17, 15) is 0 Å². The van der Waals surface area contributed by atoms with Gasteiger partial charge in [-0.1, -0.05) is 97.1 Å². The van der Waals surface area contributed by atoms with Gasteiger partial charge in [-0.2, -0.15) is 0 Å². The Kier molecular flexibility index (Phi) is 7.71. The molecule has 11 rings (SSSR count). The molecular weight excluding hydrogens is 703 g/mol. The van der Waals surface area contributed by atoms with Crippen molar-refractivity contribution in [2.75, 3.05) is 0 Å². The van der Waals surface area contributed by atoms with E-state index >= 15 is 0 Å². The number of para-hydroxylation sites is 4. The predicted octanol–water partition coefficient (Wildman–Crippen LogP) is 13.8. The van der Waals surface area contributed by atoms with Gasteiger partial charge in [0.2, 0.25) is 17.7 Å². The van der Waals surface area contributed by atoms with Gasteiger partial charge in [0.05, 0.1) is 0 Å². The summed E-state index contributed by atoms with van der Waals surface area (Å²) in [5.74, 6) is 1.80. The largest absolute Gasteiger partial charge is 0.436 e. The second-order valence-corrected chi connectivity index (χ2v) is 14.1. The molecule has 0 spiro atoms. The molecule has 11 aromatic rings. The highest BCUT2D eigenvalue weighted by atomic mass is 16.4. The van der Waals surface area contributed by atoms with Gasteiger partial charge in [-0.05, 0) is 136 Å². The van der Waals surface area contributed by atoms with Crippen LogP contribution in [0.5, 0.6) is 0 Å². The zero-order chi connectivity index (χ0) is 37.7. The molecule has 0 unspecified atom stereocenters. The van der Waals surface area contributed by atoms with Crippen molar-refractivity contribution in [3.63, 3.8) is 0 Å². The fourth-order valence-corrected chi connectivity index (χ4v) is 7.39. The topological polar surface area (TPSA) is 78.1 Å². The molecule has 0 amide bonds. The van der Waals surface area contributed by atoms with Gasteiger partial charge in [-0.25, -0.2) is 15.0 Å². The Morgan fingerprint density at radius 2 is 0.561 bits per heavy atom. The maximum absolute atomic E-state index is 6.30. The SMILES string of the molecule is c1ccc(-c2ccc3nc(-c4ccc(-c5cc(-c6ccc(-c7nc8ccccc8o7)cc6)cc(-c6ccc(-c7nc8ccccc8o7)cc6)c5)cc4)oc3c2)cc1. The summed E-state index contributed by atoms with van der Waals surface area (Å²) in [6.45, 7) is 0. The summed E-state index contributed by atoms with van der Waals surface area (Å²) < 4.78 is 18.4. The minimum absolute atomic E-state index is 0.592. The van der Waals surface area contributed by atoms with Crippen molar-refractivity contribution in [3.8, 4) is 78.9 Å². The van der Waals surface area contributed by atoms with Crippen LogP contribution in [0.4, 0.5) is 0 Å². The first kappa shape index (κ1) is 32.6. The van der Waals surface area contributed by atoms with Gasteiger partial charge in [0.1, 0.15) is 16.6 Å². The summed E-state index contributed by atoms with van der Waals surface area (Å²) in [6, 6.07) is 64.1. The second kappa shape index (κ2) is 13.5. The Hall–Kier alpha value is -7.83. The molecule has 268 valence electrons. The van der Waals surface area contributed by atoms with Gasteiger partial charge in [-0.3, -0.25) is 0 Å². The lowest BCUT2D eigenvalue weighted by molar-refractivity contribution is 0.619. The molecule has 0 aliphatic heterocycles. The van der Waals surface area contributed by atoms with Crippen molar-refractivity contribution in [3.05, 3.63) is 188 Å². The van der Waals surface area contributed by atoms with Crippen molar-refractivity contribution in [2.24, 2.45) is 0 Å². The number of oxazole rings is 3. The summed E-state index contributed by atoms with van der Waals surface area (Å²) in [7, 11) is 0. The average molecular weight is 734 g/mol. The van der Waals surface area contributed by atoms with Gasteiger partial charge in [0, 0.05) is 16.7 Å². The Labute approximate surface area is 327 Å². The minimum atomic E-state index is 0.592. The first-order chi connectivity index (χ1) is 28.2. The van der Waals surface area contributed by atoms with E-state index in [0.29, 0.717) is 17.7 Å². The van der Waals surface area contributed by atoms with Crippen LogP contribution in [-0.4, -0.2) is 15.0 Å². The summed E-state index contributed by atoms with van der Waals surface area (Å²) in [5.41, 5.74) is 16.3. The molecule has 8 aromatic carbocycles. The highest BCUT2D eigenvalue weighted by Gasteiger charge is 2.14. The molecule has 0 N–H and O–H groups in total. The number of hydrogen-bond donors (Lipinski definition) is 0. The van der Waals surface area contributed by atoms with Gasteiger partial charge in [0.15, 0.2) is 16.7 Å². The van der Waals surface area contributed by atoms with Crippen LogP contribution in [0.25, 0.3) is 112 Å². The summed E-state index contributed by atoms with van der Waals surface area (Å²) in [5, 5.41) is 0. The molecule has 0 saturated heterocycles. The summed E-state index contributed by atoms with van der Waals surface area (Å²) >= 11 is 0. The highest BCUT2D eigenvalue weighted by Crippen LogP contribution is 2.37. The molecule has 0 saturated carbocycles. The van der Waals surface area contributed by atoms with Gasteiger partial charge in [0.25, 0.3) is 0 Å². The highest BCUT2D eigenvalue weighted by molar-refractivity contribution is 5.85. The second-order valence-electron chi connectivity index (χ2n) is 14.1. The minimum Gasteiger partial charge on any atom is -0.436 e. The van der Waals surface area contributed by atoms with Crippen molar-refractivity contribution in [1.29, 1.82) is 0 Å². The number of aromatic nitrogens is 3. The first-order valence-corrected chi connectivity index (χ1v) is 18.8. The quantitative estimate of drug-likeness (QED) is 0.162. The van der Waals surface area contributed by atoms with Crippen LogP contribution < -0.4 is 0 Å². The fraction of sp³-hybridized carbons (Fsp3) is 0. The number of hydrogen-bond acceptors (Lipinski definition) is 6. The molecule has 6 heteroatoms. The van der Waals surface area contributed by atoms with Crippen LogP contribution in [0, 0.1) is 0 Å². The fourth-order valence-electron chi connectivity index (χ4n) is 7.39. The van der Waals surface area contributed by atoms with E-state index in [4.69, 9.17) is 28.2 Å². The average Bonchev–Trinajstić information content (AvgIpc) is 4.04. The van der Waals surface area contributed by atoms with Crippen molar-refractivity contribution in [2.45, 2.75) is 0 Å². The molecule has 0 bridgehead atoms. The third kappa shape index (κ3) is 6.15. The van der Waals surface area contributed by atoms with Gasteiger partial charge < -0.3 is 13.3 Å². The van der Waals surface area contributed by atoms with E-state index in [1.165, 1.54) is 0 Å². The molecule has 0 atom stereocenters. The normalized spacial score (nSPS) is 11.5. The van der Waals surface area contributed by atoms with Crippen molar-refractivity contribution in [1.82, 2.24) is 15.0 Å². The van der Waals surface area contributed by atoms with E-state index in [1.54, 1.807) is 0 Å². The smallest absolute Gasteiger partial charge is 0.227 e. The van der Waals surface area contributed by atoms with Gasteiger partial charge >= 0.3 is 0 Å². The standard InChI is InChI=1S/C51H31N3O3/c1-2-8-32(9-3-1)39-26-27-45-48(31-39)57-51(54-45)38-24-18-35(19-25-38)42-29-40(33-14-20-36(21-15-33)49-52-43-10-4-6-12-46(43)55-49)28-41(30-42)34-16-22-37(23-17-34)50-53-44-11-5-7-13-47(44)56-50/h1-31H.